The number of halogens is 2. The first-order valence-corrected chi connectivity index (χ1v) is 15.8. The van der Waals surface area contributed by atoms with Gasteiger partial charge in [-0.25, -0.2) is 8.42 Å². The van der Waals surface area contributed by atoms with Gasteiger partial charge in [0.15, 0.2) is 9.84 Å². The van der Waals surface area contributed by atoms with Gasteiger partial charge in [0, 0.05) is 17.6 Å². The van der Waals surface area contributed by atoms with Crippen LogP contribution < -0.4 is 10.6 Å². The Morgan fingerprint density at radius 1 is 1.00 bits per heavy atom. The molecule has 41 heavy (non-hydrogen) atoms. The third-order valence-electron chi connectivity index (χ3n) is 8.18. The molecule has 0 aromatic heterocycles. The van der Waals surface area contributed by atoms with Gasteiger partial charge < -0.3 is 10.6 Å². The first-order valence-electron chi connectivity index (χ1n) is 13.5. The lowest BCUT2D eigenvalue weighted by Gasteiger charge is -2.39. The van der Waals surface area contributed by atoms with Crippen molar-refractivity contribution < 1.29 is 27.6 Å². The number of nitrogens with one attached hydrogen (secondary N) is 2. The van der Waals surface area contributed by atoms with Crippen molar-refractivity contribution in [2.45, 2.75) is 79.1 Å². The van der Waals surface area contributed by atoms with Crippen LogP contribution in [0.2, 0.25) is 10.0 Å². The smallest absolute Gasteiger partial charge is 0.290 e. The number of Topliss-reactive ketones (excluding diaryl/α,β-unsaturated/α-hetero) is 1. The highest BCUT2D eigenvalue weighted by Gasteiger charge is 2.59. The quantitative estimate of drug-likeness (QED) is 0.326. The maximum Gasteiger partial charge on any atom is 0.290 e. The van der Waals surface area contributed by atoms with E-state index in [9.17, 15) is 27.6 Å². The summed E-state index contributed by atoms with van der Waals surface area (Å²) in [5, 5.41) is 5.16. The van der Waals surface area contributed by atoms with E-state index >= 15 is 0 Å². The summed E-state index contributed by atoms with van der Waals surface area (Å²) in [6.45, 7) is 2.70. The number of ketones is 1. The zero-order valence-electron chi connectivity index (χ0n) is 22.7. The first-order chi connectivity index (χ1) is 19.3. The summed E-state index contributed by atoms with van der Waals surface area (Å²) in [4.78, 5) is 55.6. The van der Waals surface area contributed by atoms with Crippen molar-refractivity contribution in [3.63, 3.8) is 0 Å². The van der Waals surface area contributed by atoms with Crippen LogP contribution >= 0.6 is 23.2 Å². The largest absolute Gasteiger partial charge is 0.347 e. The van der Waals surface area contributed by atoms with Crippen LogP contribution in [0.3, 0.4) is 0 Å². The Kier molecular flexibility index (Phi) is 7.82. The van der Waals surface area contributed by atoms with Gasteiger partial charge in [-0.15, -0.1) is 0 Å². The molecule has 0 spiro atoms. The monoisotopic (exact) mass is 619 g/mol. The van der Waals surface area contributed by atoms with Crippen molar-refractivity contribution in [2.24, 2.45) is 0 Å². The van der Waals surface area contributed by atoms with E-state index in [0.29, 0.717) is 23.4 Å². The molecule has 3 fully saturated rings. The van der Waals surface area contributed by atoms with Crippen LogP contribution in [-0.2, 0) is 34.4 Å². The molecule has 5 rings (SSSR count). The molecule has 0 radical (unpaired) electrons. The standard InChI is InChI=1S/C29H31Cl2N3O6S/c1-28(2,24(35)25(36)33-19-11-12-19)34(27(38)29(13-14-29)17-7-9-18(30)10-8-17)26(37)22-15-20(16-32-22)41(39,40)23-6-4-3-5-21(23)31/h3-10,19-20,22,32H,11-16H2,1-2H3,(H,33,36)/t20-,22+/m1/s1. The summed E-state index contributed by atoms with van der Waals surface area (Å²) in [5.41, 5.74) is -2.25. The number of amides is 3. The minimum atomic E-state index is -3.91. The van der Waals surface area contributed by atoms with Crippen LogP contribution in [-0.4, -0.2) is 66.2 Å². The van der Waals surface area contributed by atoms with E-state index in [1.165, 1.54) is 26.0 Å². The van der Waals surface area contributed by atoms with Gasteiger partial charge in [-0.3, -0.25) is 24.1 Å². The summed E-state index contributed by atoms with van der Waals surface area (Å²) >= 11 is 12.2. The van der Waals surface area contributed by atoms with Crippen LogP contribution in [0.1, 0.15) is 51.5 Å². The second-order valence-electron chi connectivity index (χ2n) is 11.5. The van der Waals surface area contributed by atoms with Gasteiger partial charge in [-0.1, -0.05) is 47.5 Å². The highest BCUT2D eigenvalue weighted by Crippen LogP contribution is 2.51. The van der Waals surface area contributed by atoms with Gasteiger partial charge in [0.2, 0.25) is 17.6 Å². The van der Waals surface area contributed by atoms with Crippen molar-refractivity contribution in [3.05, 3.63) is 64.1 Å². The van der Waals surface area contributed by atoms with Crippen LogP contribution in [0.15, 0.2) is 53.4 Å². The molecule has 0 unspecified atom stereocenters. The summed E-state index contributed by atoms with van der Waals surface area (Å²) in [6.07, 6.45) is 2.26. The topological polar surface area (TPSA) is 130 Å². The molecule has 2 aromatic carbocycles. The molecule has 2 aromatic rings. The van der Waals surface area contributed by atoms with E-state index in [0.717, 1.165) is 17.7 Å². The summed E-state index contributed by atoms with van der Waals surface area (Å²) < 4.78 is 26.8. The fourth-order valence-electron chi connectivity index (χ4n) is 5.36. The minimum absolute atomic E-state index is 0.0403. The van der Waals surface area contributed by atoms with Crippen molar-refractivity contribution in [1.29, 1.82) is 0 Å². The Morgan fingerprint density at radius 3 is 2.22 bits per heavy atom. The predicted molar refractivity (Wildman–Crippen MR) is 153 cm³/mol. The summed E-state index contributed by atoms with van der Waals surface area (Å²) in [7, 11) is -3.91. The fourth-order valence-corrected chi connectivity index (χ4v) is 7.67. The summed E-state index contributed by atoms with van der Waals surface area (Å²) in [5.74, 6) is -3.15. The summed E-state index contributed by atoms with van der Waals surface area (Å²) in [6, 6.07) is 11.6. The third-order valence-corrected chi connectivity index (χ3v) is 11.1. The number of hydrogen-bond donors (Lipinski definition) is 2. The van der Waals surface area contributed by atoms with Crippen LogP contribution in [0.4, 0.5) is 0 Å². The number of carbonyl (C=O) groups is 4. The molecule has 1 heterocycles. The van der Waals surface area contributed by atoms with Crippen LogP contribution in [0.5, 0.6) is 0 Å². The predicted octanol–water partition coefficient (Wildman–Crippen LogP) is 3.21. The lowest BCUT2D eigenvalue weighted by molar-refractivity contribution is -0.160. The lowest BCUT2D eigenvalue weighted by Crippen LogP contribution is -2.64. The Bertz CT molecular complexity index is 1520. The lowest BCUT2D eigenvalue weighted by atomic mass is 9.88. The number of hydrogen-bond acceptors (Lipinski definition) is 7. The molecular formula is C29H31Cl2N3O6S. The molecule has 2 aliphatic carbocycles. The second-order valence-corrected chi connectivity index (χ2v) is 14.5. The molecule has 3 amide bonds. The SMILES string of the molecule is CC(C)(C(=O)C(=O)NC1CC1)N(C(=O)[C@@H]1C[C@@H](S(=O)(=O)c2ccccc2Cl)CN1)C(=O)C1(c2ccc(Cl)cc2)CC1. The molecule has 2 saturated carbocycles. The van der Waals surface area contributed by atoms with Gasteiger partial charge in [-0.2, -0.15) is 0 Å². The van der Waals surface area contributed by atoms with Crippen molar-refractivity contribution in [2.75, 3.05) is 6.54 Å². The molecular weight excluding hydrogens is 589 g/mol. The number of rotatable bonds is 9. The molecule has 1 saturated heterocycles. The van der Waals surface area contributed by atoms with Crippen LogP contribution in [0, 0.1) is 0 Å². The zero-order valence-corrected chi connectivity index (χ0v) is 25.0. The minimum Gasteiger partial charge on any atom is -0.347 e. The van der Waals surface area contributed by atoms with Gasteiger partial charge >= 0.3 is 0 Å². The Labute approximate surface area is 248 Å². The molecule has 218 valence electrons. The van der Waals surface area contributed by atoms with E-state index in [1.807, 2.05) is 0 Å². The Hall–Kier alpha value is -2.79. The van der Waals surface area contributed by atoms with Crippen molar-refractivity contribution in [3.8, 4) is 0 Å². The van der Waals surface area contributed by atoms with E-state index < -0.39 is 55.6 Å². The highest BCUT2D eigenvalue weighted by atomic mass is 35.5. The molecule has 3 aliphatic rings. The average molecular weight is 621 g/mol. The Balaban J connectivity index is 1.46. The molecule has 12 heteroatoms. The van der Waals surface area contributed by atoms with Gasteiger partial charge in [0.1, 0.15) is 5.54 Å². The number of nitrogens with zero attached hydrogens (tertiary/aromatic N) is 1. The molecule has 0 bridgehead atoms. The van der Waals surface area contributed by atoms with Crippen LogP contribution in [0.25, 0.3) is 0 Å². The van der Waals surface area contributed by atoms with E-state index in [2.05, 4.69) is 10.6 Å². The van der Waals surface area contributed by atoms with Gasteiger partial charge in [-0.05, 0) is 75.8 Å². The normalized spacial score (nSPS) is 21.7. The highest BCUT2D eigenvalue weighted by molar-refractivity contribution is 7.92. The molecule has 2 N–H and O–H groups in total. The Morgan fingerprint density at radius 2 is 1.63 bits per heavy atom. The first kappa shape index (κ1) is 29.7. The molecule has 9 nitrogen and oxygen atoms in total. The maximum atomic E-state index is 14.3. The van der Waals surface area contributed by atoms with E-state index in [-0.39, 0.29) is 28.9 Å². The average Bonchev–Trinajstić information content (AvgIpc) is 3.86. The fraction of sp³-hybridized carbons (Fsp3) is 0.448. The van der Waals surface area contributed by atoms with Gasteiger partial charge in [0.05, 0.1) is 26.6 Å². The number of sulfone groups is 1. The number of carbonyl (C=O) groups excluding carboxylic acids is 4. The second kappa shape index (κ2) is 10.8. The third kappa shape index (κ3) is 5.55. The number of benzene rings is 2. The van der Waals surface area contributed by atoms with Crippen molar-refractivity contribution in [1.82, 2.24) is 15.5 Å². The molecule has 1 aliphatic heterocycles. The van der Waals surface area contributed by atoms with E-state index in [1.54, 1.807) is 36.4 Å². The van der Waals surface area contributed by atoms with Crippen molar-refractivity contribution >= 4 is 56.5 Å². The zero-order chi connectivity index (χ0) is 29.7. The number of imide groups is 1. The van der Waals surface area contributed by atoms with E-state index in [4.69, 9.17) is 23.2 Å². The maximum absolute atomic E-state index is 14.3. The van der Waals surface area contributed by atoms with Gasteiger partial charge in [0.25, 0.3) is 5.91 Å². The molecule has 2 atom stereocenters.